The lowest BCUT2D eigenvalue weighted by atomic mass is 10.1. The van der Waals surface area contributed by atoms with Crippen LogP contribution in [0.5, 0.6) is 0 Å². The van der Waals surface area contributed by atoms with E-state index in [0.717, 1.165) is 21.9 Å². The van der Waals surface area contributed by atoms with Crippen LogP contribution in [0.2, 0.25) is 0 Å². The van der Waals surface area contributed by atoms with E-state index >= 15 is 0 Å². The summed E-state index contributed by atoms with van der Waals surface area (Å²) in [7, 11) is 0. The van der Waals surface area contributed by atoms with Crippen LogP contribution in [0.4, 0.5) is 11.4 Å². The molecule has 3 aromatic rings. The number of carbonyl (C=O) groups is 1. The Bertz CT molecular complexity index is 831. The lowest BCUT2D eigenvalue weighted by Gasteiger charge is -2.10. The smallest absolute Gasteiger partial charge is 0.255 e. The molecule has 0 fully saturated rings. The Labute approximate surface area is 162 Å². The van der Waals surface area contributed by atoms with E-state index in [-0.39, 0.29) is 5.91 Å². The van der Waals surface area contributed by atoms with Crippen molar-refractivity contribution in [3.8, 4) is 10.4 Å². The lowest BCUT2D eigenvalue weighted by Crippen LogP contribution is -2.13. The molecule has 3 rings (SSSR count). The van der Waals surface area contributed by atoms with Crippen molar-refractivity contribution in [1.82, 2.24) is 0 Å². The monoisotopic (exact) mass is 385 g/mol. The zero-order chi connectivity index (χ0) is 18.9. The van der Waals surface area contributed by atoms with Crippen molar-refractivity contribution >= 4 is 40.4 Å². The minimum Gasteiger partial charge on any atom is -0.397 e. The summed E-state index contributed by atoms with van der Waals surface area (Å²) in [6.45, 7) is 2.65. The molecule has 0 aliphatic heterocycles. The highest BCUT2D eigenvalue weighted by Gasteiger charge is 2.10. The summed E-state index contributed by atoms with van der Waals surface area (Å²) in [5, 5.41) is 4.93. The van der Waals surface area contributed by atoms with Crippen LogP contribution in [0.15, 0.2) is 64.9 Å². The van der Waals surface area contributed by atoms with Crippen molar-refractivity contribution < 1.29 is 4.79 Å². The first-order valence-electron chi connectivity index (χ1n) is 8.18. The lowest BCUT2D eigenvalue weighted by molar-refractivity contribution is 0.102. The molecule has 0 saturated carbocycles. The molecule has 0 spiro atoms. The highest BCUT2D eigenvalue weighted by molar-refractivity contribution is 7.98. The number of nitrogens with one attached hydrogen (secondary N) is 1. The summed E-state index contributed by atoms with van der Waals surface area (Å²) in [6.07, 6.45) is 2.01. The molecule has 0 aliphatic carbocycles. The minimum absolute atomic E-state index is 0.160. The van der Waals surface area contributed by atoms with E-state index in [0.29, 0.717) is 16.9 Å². The normalized spacial score (nSPS) is 9.96. The van der Waals surface area contributed by atoms with Crippen LogP contribution in [0.1, 0.15) is 17.3 Å². The number of nitrogen functional groups attached to an aromatic ring is 1. The Kier molecular flexibility index (Phi) is 7.72. The van der Waals surface area contributed by atoms with Gasteiger partial charge < -0.3 is 16.8 Å². The second-order valence-corrected chi connectivity index (χ2v) is 7.20. The van der Waals surface area contributed by atoms with E-state index < -0.39 is 0 Å². The predicted molar refractivity (Wildman–Crippen MR) is 115 cm³/mol. The van der Waals surface area contributed by atoms with Crippen molar-refractivity contribution in [3.05, 3.63) is 65.5 Å². The maximum absolute atomic E-state index is 12.4. The van der Waals surface area contributed by atoms with Gasteiger partial charge >= 0.3 is 0 Å². The summed E-state index contributed by atoms with van der Waals surface area (Å²) in [6, 6.07) is 17.3. The highest BCUT2D eigenvalue weighted by Crippen LogP contribution is 2.30. The second-order valence-electron chi connectivity index (χ2n) is 5.37. The second kappa shape index (κ2) is 10.0. The number of hydrogen-bond donors (Lipinski definition) is 3. The van der Waals surface area contributed by atoms with Crippen molar-refractivity contribution in [3.63, 3.8) is 0 Å². The molecular formula is C20H23N3OS2. The number of hydrogen-bond acceptors (Lipinski definition) is 5. The predicted octanol–water partition coefficient (Wildman–Crippen LogP) is 4.94. The fourth-order valence-corrected chi connectivity index (χ4v) is 3.33. The van der Waals surface area contributed by atoms with Crippen LogP contribution in [0.25, 0.3) is 10.4 Å². The van der Waals surface area contributed by atoms with Gasteiger partial charge in [0.15, 0.2) is 0 Å². The Hall–Kier alpha value is -2.28. The van der Waals surface area contributed by atoms with E-state index in [4.69, 9.17) is 11.5 Å². The van der Waals surface area contributed by atoms with Crippen LogP contribution < -0.4 is 16.8 Å². The average Bonchev–Trinajstić information content (AvgIpc) is 3.19. The Morgan fingerprint density at radius 3 is 2.42 bits per heavy atom. The van der Waals surface area contributed by atoms with E-state index in [9.17, 15) is 4.79 Å². The van der Waals surface area contributed by atoms with Gasteiger partial charge in [-0.3, -0.25) is 4.79 Å². The third-order valence-electron chi connectivity index (χ3n) is 3.46. The van der Waals surface area contributed by atoms with E-state index in [1.54, 1.807) is 23.1 Å². The molecule has 1 amide bonds. The number of thioether (sulfide) groups is 1. The first-order chi connectivity index (χ1) is 12.6. The van der Waals surface area contributed by atoms with Crippen molar-refractivity contribution in [2.75, 3.05) is 23.9 Å². The fourth-order valence-electron chi connectivity index (χ4n) is 2.20. The summed E-state index contributed by atoms with van der Waals surface area (Å²) in [5.74, 6) is -0.160. The number of benzene rings is 2. The van der Waals surface area contributed by atoms with Gasteiger partial charge in [-0.25, -0.2) is 0 Å². The number of thiophene rings is 1. The molecular weight excluding hydrogens is 362 g/mol. The SMILES string of the molecule is CCN.CSc1ccc(C(=O)Nc2cc(-c3cccs3)ccc2N)cc1. The van der Waals surface area contributed by atoms with E-state index in [1.807, 2.05) is 73.2 Å². The van der Waals surface area contributed by atoms with Gasteiger partial charge in [-0.1, -0.05) is 19.1 Å². The molecule has 6 heteroatoms. The summed E-state index contributed by atoms with van der Waals surface area (Å²) >= 11 is 3.30. The number of carbonyl (C=O) groups excluding carboxylic acids is 1. The molecule has 0 atom stereocenters. The molecule has 0 unspecified atom stereocenters. The Morgan fingerprint density at radius 1 is 1.15 bits per heavy atom. The minimum atomic E-state index is -0.160. The number of rotatable bonds is 4. The van der Waals surface area contributed by atoms with Gasteiger partial charge in [0.25, 0.3) is 5.91 Å². The van der Waals surface area contributed by atoms with E-state index in [1.165, 1.54) is 0 Å². The van der Waals surface area contributed by atoms with Crippen molar-refractivity contribution in [1.29, 1.82) is 0 Å². The van der Waals surface area contributed by atoms with Crippen LogP contribution >= 0.6 is 23.1 Å². The summed E-state index contributed by atoms with van der Waals surface area (Å²) < 4.78 is 0. The van der Waals surface area contributed by atoms with Gasteiger partial charge in [-0.2, -0.15) is 0 Å². The third-order valence-corrected chi connectivity index (χ3v) is 5.12. The number of nitrogens with two attached hydrogens (primary N) is 2. The van der Waals surface area contributed by atoms with Crippen LogP contribution in [-0.2, 0) is 0 Å². The first kappa shape index (κ1) is 20.0. The third kappa shape index (κ3) is 5.36. The molecule has 0 bridgehead atoms. The van der Waals surface area contributed by atoms with Gasteiger partial charge in [-0.15, -0.1) is 23.1 Å². The van der Waals surface area contributed by atoms with Gasteiger partial charge in [0.1, 0.15) is 0 Å². The average molecular weight is 386 g/mol. The molecule has 5 N–H and O–H groups in total. The summed E-state index contributed by atoms with van der Waals surface area (Å²) in [4.78, 5) is 14.7. The quantitative estimate of drug-likeness (QED) is 0.439. The number of anilines is 2. The standard InChI is InChI=1S/C18H16N2OS2.C2H7N/c1-22-14-7-4-12(5-8-14)18(21)20-16-11-13(6-9-15(16)19)17-3-2-10-23-17;1-2-3/h2-11H,19H2,1H3,(H,20,21);2-3H2,1H3. The zero-order valence-corrected chi connectivity index (χ0v) is 16.5. The van der Waals surface area contributed by atoms with Crippen LogP contribution in [0.3, 0.4) is 0 Å². The van der Waals surface area contributed by atoms with Crippen LogP contribution in [-0.4, -0.2) is 18.7 Å². The first-order valence-corrected chi connectivity index (χ1v) is 10.3. The molecule has 1 heterocycles. The molecule has 136 valence electrons. The fraction of sp³-hybridized carbons (Fsp3) is 0.150. The van der Waals surface area contributed by atoms with Gasteiger partial charge in [0, 0.05) is 15.3 Å². The molecule has 4 nitrogen and oxygen atoms in total. The molecule has 0 aliphatic rings. The molecule has 0 radical (unpaired) electrons. The van der Waals surface area contributed by atoms with Crippen molar-refractivity contribution in [2.24, 2.45) is 5.73 Å². The molecule has 0 saturated heterocycles. The number of amides is 1. The Balaban J connectivity index is 0.000000758. The van der Waals surface area contributed by atoms with Crippen molar-refractivity contribution in [2.45, 2.75) is 11.8 Å². The maximum Gasteiger partial charge on any atom is 0.255 e. The van der Waals surface area contributed by atoms with Gasteiger partial charge in [-0.05, 0) is 66.2 Å². The zero-order valence-electron chi connectivity index (χ0n) is 14.9. The Morgan fingerprint density at radius 2 is 1.85 bits per heavy atom. The summed E-state index contributed by atoms with van der Waals surface area (Å²) in [5.41, 5.74) is 13.7. The maximum atomic E-state index is 12.4. The topological polar surface area (TPSA) is 81.1 Å². The van der Waals surface area contributed by atoms with E-state index in [2.05, 4.69) is 5.32 Å². The highest BCUT2D eigenvalue weighted by atomic mass is 32.2. The molecule has 26 heavy (non-hydrogen) atoms. The van der Waals surface area contributed by atoms with Gasteiger partial charge in [0.05, 0.1) is 11.4 Å². The van der Waals surface area contributed by atoms with Gasteiger partial charge in [0.2, 0.25) is 0 Å². The van der Waals surface area contributed by atoms with Crippen LogP contribution in [0, 0.1) is 0 Å². The molecule has 2 aromatic carbocycles. The molecule has 1 aromatic heterocycles. The largest absolute Gasteiger partial charge is 0.397 e.